The minimum atomic E-state index is -3.91. The molecule has 1 fully saturated rings. The summed E-state index contributed by atoms with van der Waals surface area (Å²) in [6.45, 7) is 2.52. The number of benzene rings is 2. The number of halogens is 1. The van der Waals surface area contributed by atoms with Gasteiger partial charge in [-0.3, -0.25) is 9.89 Å². The van der Waals surface area contributed by atoms with Gasteiger partial charge in [0.25, 0.3) is 5.91 Å². The first kappa shape index (κ1) is 24.4. The smallest absolute Gasteiger partial charge is 0.256 e. The molecule has 0 bridgehead atoms. The van der Waals surface area contributed by atoms with Crippen molar-refractivity contribution >= 4 is 27.4 Å². The Morgan fingerprint density at radius 3 is 2.69 bits per heavy atom. The number of carbonyl (C=O) groups is 1. The quantitative estimate of drug-likeness (QED) is 0.457. The Bertz CT molecular complexity index is 1380. The first-order chi connectivity index (χ1) is 17.3. The molecular formula is C24H27FN6O4S. The molecule has 2 aliphatic heterocycles. The van der Waals surface area contributed by atoms with Gasteiger partial charge in [0.1, 0.15) is 5.82 Å². The van der Waals surface area contributed by atoms with Gasteiger partial charge in [-0.15, -0.1) is 0 Å². The molecule has 5 rings (SSSR count). The highest BCUT2D eigenvalue weighted by molar-refractivity contribution is 7.89. The highest BCUT2D eigenvalue weighted by Gasteiger charge is 2.34. The molecule has 0 saturated carbocycles. The lowest BCUT2D eigenvalue weighted by Crippen LogP contribution is -2.53. The summed E-state index contributed by atoms with van der Waals surface area (Å²) in [7, 11) is -1.89. The predicted octanol–water partition coefficient (Wildman–Crippen LogP) is 1.62. The van der Waals surface area contributed by atoms with E-state index < -0.39 is 15.8 Å². The van der Waals surface area contributed by atoms with Crippen molar-refractivity contribution in [3.63, 3.8) is 0 Å². The van der Waals surface area contributed by atoms with Crippen LogP contribution in [-0.2, 0) is 23.1 Å². The third-order valence-electron chi connectivity index (χ3n) is 6.65. The number of hydrogen-bond acceptors (Lipinski definition) is 7. The third-order valence-corrected chi connectivity index (χ3v) is 8.43. The molecule has 0 radical (unpaired) electrons. The van der Waals surface area contributed by atoms with Crippen LogP contribution in [0.25, 0.3) is 0 Å². The summed E-state index contributed by atoms with van der Waals surface area (Å²) in [5, 5.41) is 19.5. The van der Waals surface area contributed by atoms with E-state index in [1.54, 1.807) is 12.1 Å². The number of rotatable bonds is 6. The fourth-order valence-electron chi connectivity index (χ4n) is 4.65. The monoisotopic (exact) mass is 514 g/mol. The number of sulfonamides is 1. The van der Waals surface area contributed by atoms with Gasteiger partial charge >= 0.3 is 0 Å². The summed E-state index contributed by atoms with van der Waals surface area (Å²) >= 11 is 0. The average molecular weight is 515 g/mol. The fraction of sp³-hybridized carbons (Fsp3) is 0.333. The van der Waals surface area contributed by atoms with Gasteiger partial charge in [-0.25, -0.2) is 12.8 Å². The van der Waals surface area contributed by atoms with Crippen molar-refractivity contribution in [1.82, 2.24) is 19.4 Å². The van der Waals surface area contributed by atoms with E-state index in [4.69, 9.17) is 0 Å². The van der Waals surface area contributed by atoms with Gasteiger partial charge in [-0.05, 0) is 49.5 Å². The zero-order valence-electron chi connectivity index (χ0n) is 19.7. The second-order valence-corrected chi connectivity index (χ2v) is 11.0. The van der Waals surface area contributed by atoms with Crippen LogP contribution in [0.3, 0.4) is 0 Å². The second-order valence-electron chi connectivity index (χ2n) is 9.05. The van der Waals surface area contributed by atoms with Crippen LogP contribution < -0.4 is 10.2 Å². The van der Waals surface area contributed by atoms with Crippen molar-refractivity contribution in [2.75, 3.05) is 43.5 Å². The number of nitrogens with one attached hydrogen (secondary N) is 2. The summed E-state index contributed by atoms with van der Waals surface area (Å²) < 4.78 is 40.7. The number of amides is 1. The van der Waals surface area contributed by atoms with Crippen molar-refractivity contribution in [3.05, 3.63) is 71.2 Å². The lowest BCUT2D eigenvalue weighted by Gasteiger charge is -2.40. The maximum absolute atomic E-state index is 13.6. The predicted molar refractivity (Wildman–Crippen MR) is 132 cm³/mol. The molecule has 12 heteroatoms. The number of fused-ring (bicyclic) bond motifs is 1. The third kappa shape index (κ3) is 4.60. The highest BCUT2D eigenvalue weighted by atomic mass is 32.2. The Labute approximate surface area is 208 Å². The topological polar surface area (TPSA) is 122 Å². The van der Waals surface area contributed by atoms with Crippen molar-refractivity contribution in [2.24, 2.45) is 0 Å². The molecule has 1 amide bonds. The van der Waals surface area contributed by atoms with E-state index in [1.165, 1.54) is 22.5 Å². The van der Waals surface area contributed by atoms with E-state index in [0.29, 0.717) is 16.8 Å². The maximum Gasteiger partial charge on any atom is 0.256 e. The number of likely N-dealkylation sites (N-methyl/N-ethyl adjacent to an activating group) is 1. The Hall–Kier alpha value is -3.32. The lowest BCUT2D eigenvalue weighted by atomic mass is 10.1. The molecule has 190 valence electrons. The molecule has 0 spiro atoms. The summed E-state index contributed by atoms with van der Waals surface area (Å²) in [6.07, 6.45) is 0. The van der Waals surface area contributed by atoms with Gasteiger partial charge in [0.05, 0.1) is 29.8 Å². The number of piperazine rings is 1. The zero-order chi connectivity index (χ0) is 25.4. The number of aromatic nitrogens is 2. The molecule has 10 nitrogen and oxygen atoms in total. The molecule has 3 heterocycles. The fourth-order valence-corrected chi connectivity index (χ4v) is 6.06. The van der Waals surface area contributed by atoms with Crippen LogP contribution in [0.15, 0.2) is 53.4 Å². The number of aliphatic hydroxyl groups excluding tert-OH is 1. The largest absolute Gasteiger partial charge is 0.394 e. The summed E-state index contributed by atoms with van der Waals surface area (Å²) in [5.41, 5.74) is 2.50. The van der Waals surface area contributed by atoms with Crippen LogP contribution in [0.2, 0.25) is 0 Å². The molecule has 0 aliphatic carbocycles. The molecule has 1 aromatic heterocycles. The van der Waals surface area contributed by atoms with Gasteiger partial charge in [0, 0.05) is 43.0 Å². The first-order valence-electron chi connectivity index (χ1n) is 11.6. The van der Waals surface area contributed by atoms with Gasteiger partial charge in [-0.1, -0.05) is 6.07 Å². The van der Waals surface area contributed by atoms with Gasteiger partial charge < -0.3 is 20.2 Å². The lowest BCUT2D eigenvalue weighted by molar-refractivity contribution is 0.102. The number of hydrogen-bond donors (Lipinski definition) is 3. The van der Waals surface area contributed by atoms with E-state index >= 15 is 0 Å². The molecule has 36 heavy (non-hydrogen) atoms. The maximum atomic E-state index is 13.6. The van der Waals surface area contributed by atoms with E-state index in [0.717, 1.165) is 31.4 Å². The summed E-state index contributed by atoms with van der Waals surface area (Å²) in [6, 6.07) is 12.0. The zero-order valence-corrected chi connectivity index (χ0v) is 20.5. The van der Waals surface area contributed by atoms with E-state index in [9.17, 15) is 22.7 Å². The van der Waals surface area contributed by atoms with E-state index in [1.807, 2.05) is 19.2 Å². The number of anilines is 2. The molecule has 2 aliphatic rings. The molecule has 1 atom stereocenters. The second kappa shape index (κ2) is 9.62. The van der Waals surface area contributed by atoms with Crippen molar-refractivity contribution < 1.29 is 22.7 Å². The van der Waals surface area contributed by atoms with Gasteiger partial charge in [0.2, 0.25) is 10.0 Å². The van der Waals surface area contributed by atoms with E-state index in [2.05, 4.69) is 25.3 Å². The molecule has 2 aromatic carbocycles. The first-order valence-corrected chi connectivity index (χ1v) is 13.0. The number of aromatic amines is 1. The number of carbonyl (C=O) groups excluding carboxylic acids is 1. The van der Waals surface area contributed by atoms with Crippen LogP contribution in [-0.4, -0.2) is 78.2 Å². The summed E-state index contributed by atoms with van der Waals surface area (Å²) in [5.74, 6) is -0.747. The Morgan fingerprint density at radius 1 is 1.19 bits per heavy atom. The minimum Gasteiger partial charge on any atom is -0.394 e. The van der Waals surface area contributed by atoms with Crippen molar-refractivity contribution in [3.8, 4) is 0 Å². The SMILES string of the molecule is CN1CCN(c2ccc(C(=O)Nc3n[nH]c4c3CN(S(=O)(=O)c3cccc(F)c3)C4)cc2)C(CO)C1. The number of nitrogens with zero attached hydrogens (tertiary/aromatic N) is 4. The molecule has 3 N–H and O–H groups in total. The molecular weight excluding hydrogens is 487 g/mol. The molecule has 3 aromatic rings. The number of aliphatic hydroxyl groups is 1. The van der Waals surface area contributed by atoms with Crippen LogP contribution in [0.1, 0.15) is 21.6 Å². The van der Waals surface area contributed by atoms with E-state index in [-0.39, 0.29) is 42.4 Å². The summed E-state index contributed by atoms with van der Waals surface area (Å²) in [4.78, 5) is 17.1. The van der Waals surface area contributed by atoms with Crippen LogP contribution in [0.5, 0.6) is 0 Å². The van der Waals surface area contributed by atoms with Gasteiger partial charge in [0.15, 0.2) is 5.82 Å². The normalized spacial score (nSPS) is 18.9. The number of H-pyrrole nitrogens is 1. The van der Waals surface area contributed by atoms with Crippen LogP contribution in [0, 0.1) is 5.82 Å². The van der Waals surface area contributed by atoms with Gasteiger partial charge in [-0.2, -0.15) is 9.40 Å². The Kier molecular flexibility index (Phi) is 6.51. The Balaban J connectivity index is 1.27. The Morgan fingerprint density at radius 2 is 1.97 bits per heavy atom. The van der Waals surface area contributed by atoms with Crippen LogP contribution >= 0.6 is 0 Å². The highest BCUT2D eigenvalue weighted by Crippen LogP contribution is 2.32. The van der Waals surface area contributed by atoms with Crippen molar-refractivity contribution in [2.45, 2.75) is 24.0 Å². The average Bonchev–Trinajstić information content (AvgIpc) is 3.46. The van der Waals surface area contributed by atoms with Crippen molar-refractivity contribution in [1.29, 1.82) is 0 Å². The van der Waals surface area contributed by atoms with Crippen LogP contribution in [0.4, 0.5) is 15.9 Å². The molecule has 1 saturated heterocycles. The minimum absolute atomic E-state index is 0.00514. The standard InChI is InChI=1S/C24H27FN6O4S/c1-29-9-10-31(19(12-29)15-32)18-7-5-16(6-8-18)24(33)26-23-21-13-30(14-22(21)27-28-23)36(34,35)20-4-2-3-17(25)11-20/h2-8,11,19,32H,9-10,12-15H2,1H3,(H2,26,27,28,33). The molecule has 1 unspecified atom stereocenters.